The van der Waals surface area contributed by atoms with Crippen LogP contribution in [0.3, 0.4) is 0 Å². The van der Waals surface area contributed by atoms with Gasteiger partial charge in [0.2, 0.25) is 0 Å². The van der Waals surface area contributed by atoms with Crippen LogP contribution < -0.4 is 0 Å². The van der Waals surface area contributed by atoms with E-state index < -0.39 is 6.03 Å². The van der Waals surface area contributed by atoms with Crippen molar-refractivity contribution in [3.63, 3.8) is 0 Å². The minimum Gasteiger partial charge on any atom is -0.507 e. The molecule has 45 heavy (non-hydrogen) atoms. The summed E-state index contributed by atoms with van der Waals surface area (Å²) in [6.45, 7) is 32.3. The van der Waals surface area contributed by atoms with Crippen LogP contribution in [0.25, 0.3) is 4.95 Å². The molecular weight excluding hydrogens is 562 g/mol. The van der Waals surface area contributed by atoms with E-state index in [2.05, 4.69) is 4.95 Å². The Kier molecular flexibility index (Phi) is 9.94. The van der Waals surface area contributed by atoms with Crippen LogP contribution in [0.15, 0.2) is 36.4 Å². The first-order valence-corrected chi connectivity index (χ1v) is 15.5. The van der Waals surface area contributed by atoms with Gasteiger partial charge in [-0.3, -0.25) is 0 Å². The summed E-state index contributed by atoms with van der Waals surface area (Å²) >= 11 is 0. The summed E-state index contributed by atoms with van der Waals surface area (Å²) < 4.78 is 0. The Bertz CT molecular complexity index is 1560. The average Bonchev–Trinajstić information content (AvgIpc) is 2.90. The molecule has 0 aliphatic carbocycles. The predicted octanol–water partition coefficient (Wildman–Crippen LogP) is 9.08. The molecule has 3 N–H and O–H groups in total. The molecule has 3 aromatic carbocycles. The van der Waals surface area contributed by atoms with Crippen LogP contribution in [0.5, 0.6) is 17.2 Å². The van der Waals surface area contributed by atoms with Crippen molar-refractivity contribution >= 4 is 6.03 Å². The van der Waals surface area contributed by atoms with Gasteiger partial charge in [-0.1, -0.05) is 80.5 Å². The number of carbonyl (C=O) groups excluding carboxylic acids is 1. The summed E-state index contributed by atoms with van der Waals surface area (Å²) in [5.74, 6) is 0.713. The summed E-state index contributed by atoms with van der Waals surface area (Å²) in [7, 11) is 0. The van der Waals surface area contributed by atoms with Crippen LogP contribution in [-0.4, -0.2) is 31.3 Å². The lowest BCUT2D eigenvalue weighted by atomic mass is 9.84. The standard InChI is InChI=1S/C38H51N3O4/c1-23-14-26(17-29(32(23)42)36(4,5)6)20-40(21-27-15-24(2)33(43)30(18-27)37(7,8)9)35(45)41(39-13)22-28-16-25(3)34(44)31(19-28)38(10,11)12/h14-19,42-44H,20-22H2,1-12H3. The summed E-state index contributed by atoms with van der Waals surface area (Å²) in [5, 5.41) is 33.5. The fourth-order valence-corrected chi connectivity index (χ4v) is 5.67. The maximum atomic E-state index is 14.3. The van der Waals surface area contributed by atoms with Gasteiger partial charge in [0, 0.05) is 13.1 Å². The second-order valence-corrected chi connectivity index (χ2v) is 15.5. The van der Waals surface area contributed by atoms with Crippen molar-refractivity contribution in [3.05, 3.63) is 98.0 Å². The summed E-state index contributed by atoms with van der Waals surface area (Å²) in [6.07, 6.45) is 0. The number of hydrogen-bond donors (Lipinski definition) is 3. The number of carbonyl (C=O) groups is 1. The van der Waals surface area contributed by atoms with Gasteiger partial charge in [0.1, 0.15) is 23.8 Å². The van der Waals surface area contributed by atoms with Crippen LogP contribution in [0.4, 0.5) is 4.79 Å². The van der Waals surface area contributed by atoms with Crippen LogP contribution in [0.1, 0.15) is 112 Å². The van der Waals surface area contributed by atoms with Gasteiger partial charge in [-0.25, -0.2) is 4.79 Å². The molecule has 0 aliphatic rings. The Hall–Kier alpha value is -4.18. The number of phenolic OH excluding ortho intramolecular Hbond substituents is 3. The Morgan fingerprint density at radius 2 is 0.889 bits per heavy atom. The van der Waals surface area contributed by atoms with E-state index in [1.807, 2.05) is 119 Å². The number of hydrogen-bond acceptors (Lipinski definition) is 4. The van der Waals surface area contributed by atoms with Gasteiger partial charge in [-0.15, -0.1) is 0 Å². The quantitative estimate of drug-likeness (QED) is 0.191. The Balaban J connectivity index is 2.12. The number of aryl methyl sites for hydroxylation is 3. The number of amides is 2. The highest BCUT2D eigenvalue weighted by molar-refractivity contribution is 5.75. The Morgan fingerprint density at radius 3 is 1.16 bits per heavy atom. The normalized spacial score (nSPS) is 12.2. The number of benzene rings is 3. The number of phenols is 3. The van der Waals surface area contributed by atoms with E-state index in [4.69, 9.17) is 6.57 Å². The molecule has 0 aliphatic heterocycles. The molecule has 0 spiro atoms. The second kappa shape index (κ2) is 12.7. The smallest absolute Gasteiger partial charge is 0.386 e. The SMILES string of the molecule is [C-]#[N+]N(Cc1cc(C)c(O)c(C(C)(C)C)c1)C(=O)N(Cc1cc(C)c(O)c(C(C)(C)C)c1)Cc1cc(C)c(O)c(C(C)(C)C)c1. The van der Waals surface area contributed by atoms with E-state index in [0.29, 0.717) is 5.56 Å². The van der Waals surface area contributed by atoms with E-state index in [1.165, 1.54) is 0 Å². The molecule has 3 rings (SSSR count). The number of rotatable bonds is 6. The zero-order valence-corrected chi connectivity index (χ0v) is 29.2. The van der Waals surface area contributed by atoms with Crippen LogP contribution in [0, 0.1) is 27.3 Å². The molecule has 242 valence electrons. The highest BCUT2D eigenvalue weighted by Gasteiger charge is 2.30. The fourth-order valence-electron chi connectivity index (χ4n) is 5.67. The highest BCUT2D eigenvalue weighted by Crippen LogP contribution is 2.37. The number of nitrogens with zero attached hydrogens (tertiary/aromatic N) is 3. The molecular formula is C38H51N3O4. The fraction of sp³-hybridized carbons (Fsp3) is 0.474. The molecule has 0 aromatic heterocycles. The zero-order chi connectivity index (χ0) is 34.2. The maximum absolute atomic E-state index is 14.3. The minimum atomic E-state index is -0.459. The number of urea groups is 1. The van der Waals surface area contributed by atoms with Gasteiger partial charge in [0.15, 0.2) is 0 Å². The van der Waals surface area contributed by atoms with E-state index in [0.717, 1.165) is 49.5 Å². The summed E-state index contributed by atoms with van der Waals surface area (Å²) in [5.41, 5.74) is 5.94. The van der Waals surface area contributed by atoms with Crippen molar-refractivity contribution in [2.24, 2.45) is 0 Å². The number of aromatic hydroxyl groups is 3. The van der Waals surface area contributed by atoms with Crippen LogP contribution in [-0.2, 0) is 35.9 Å². The molecule has 0 atom stereocenters. The zero-order valence-electron chi connectivity index (χ0n) is 29.2. The summed E-state index contributed by atoms with van der Waals surface area (Å²) in [4.78, 5) is 19.6. The summed E-state index contributed by atoms with van der Waals surface area (Å²) in [6, 6.07) is 10.9. The molecule has 0 heterocycles. The van der Waals surface area contributed by atoms with Gasteiger partial charge >= 0.3 is 6.03 Å². The first-order chi connectivity index (χ1) is 20.5. The molecule has 3 aromatic rings. The predicted molar refractivity (Wildman–Crippen MR) is 181 cm³/mol. The maximum Gasteiger partial charge on any atom is 0.386 e. The van der Waals surface area contributed by atoms with Gasteiger partial charge in [-0.05, 0) is 110 Å². The van der Waals surface area contributed by atoms with Crippen LogP contribution in [0.2, 0.25) is 0 Å². The Morgan fingerprint density at radius 1 is 0.600 bits per heavy atom. The first kappa shape index (κ1) is 35.3. The van der Waals surface area contributed by atoms with Crippen molar-refractivity contribution in [1.29, 1.82) is 0 Å². The third kappa shape index (κ3) is 8.11. The Labute approximate surface area is 269 Å². The largest absolute Gasteiger partial charge is 0.507 e. The molecule has 0 saturated carbocycles. The second-order valence-electron chi connectivity index (χ2n) is 15.5. The molecule has 2 amide bonds. The molecule has 0 unspecified atom stereocenters. The van der Waals surface area contributed by atoms with E-state index in [9.17, 15) is 20.1 Å². The van der Waals surface area contributed by atoms with Gasteiger partial charge in [0.05, 0.1) is 0 Å². The highest BCUT2D eigenvalue weighted by atomic mass is 16.3. The van der Waals surface area contributed by atoms with Gasteiger partial charge < -0.3 is 20.2 Å². The molecule has 0 fully saturated rings. The molecule has 0 radical (unpaired) electrons. The van der Waals surface area contributed by atoms with E-state index in [1.54, 1.807) is 4.90 Å². The minimum absolute atomic E-state index is 0.0483. The van der Waals surface area contributed by atoms with Crippen molar-refractivity contribution in [1.82, 2.24) is 9.91 Å². The third-order valence-electron chi connectivity index (χ3n) is 8.20. The van der Waals surface area contributed by atoms with Crippen molar-refractivity contribution in [2.45, 2.75) is 119 Å². The third-order valence-corrected chi connectivity index (χ3v) is 8.20. The lowest BCUT2D eigenvalue weighted by molar-refractivity contribution is 0.160. The molecule has 0 saturated heterocycles. The van der Waals surface area contributed by atoms with Gasteiger partial charge in [0.25, 0.3) is 0 Å². The van der Waals surface area contributed by atoms with Crippen molar-refractivity contribution < 1.29 is 20.1 Å². The van der Waals surface area contributed by atoms with Crippen molar-refractivity contribution in [2.75, 3.05) is 0 Å². The van der Waals surface area contributed by atoms with E-state index >= 15 is 0 Å². The average molecular weight is 614 g/mol. The van der Waals surface area contributed by atoms with Crippen molar-refractivity contribution in [3.8, 4) is 17.2 Å². The monoisotopic (exact) mass is 613 g/mol. The first-order valence-electron chi connectivity index (χ1n) is 15.5. The lowest BCUT2D eigenvalue weighted by Gasteiger charge is -2.28. The van der Waals surface area contributed by atoms with E-state index in [-0.39, 0.29) is 53.1 Å². The molecule has 7 heteroatoms. The van der Waals surface area contributed by atoms with Gasteiger partial charge in [-0.2, -0.15) is 11.5 Å². The molecule has 7 nitrogen and oxygen atoms in total. The molecule has 0 bridgehead atoms. The van der Waals surface area contributed by atoms with Crippen LogP contribution >= 0.6 is 0 Å². The topological polar surface area (TPSA) is 88.6 Å². The lowest BCUT2D eigenvalue weighted by Crippen LogP contribution is -2.39.